The first-order valence-corrected chi connectivity index (χ1v) is 9.99. The lowest BCUT2D eigenvalue weighted by atomic mass is 10.1. The highest BCUT2D eigenvalue weighted by Crippen LogP contribution is 2.21. The molecule has 0 N–H and O–H groups in total. The number of carbonyl (C=O) groups is 2. The third kappa shape index (κ3) is 12.3. The van der Waals surface area contributed by atoms with Crippen molar-refractivity contribution in [1.82, 2.24) is 4.57 Å². The molecule has 0 atom stereocenters. The Morgan fingerprint density at radius 1 is 1.21 bits per heavy atom. The maximum Gasteiger partial charge on any atom is 0.673 e. The predicted octanol–water partition coefficient (Wildman–Crippen LogP) is 3.09. The van der Waals surface area contributed by atoms with Gasteiger partial charge in [0.25, 0.3) is 0 Å². The molecule has 1 aromatic carbocycles. The van der Waals surface area contributed by atoms with Gasteiger partial charge in [-0.05, 0) is 18.6 Å². The molecule has 0 aliphatic heterocycles. The molecule has 0 radical (unpaired) electrons. The van der Waals surface area contributed by atoms with Crippen LogP contribution in [-0.4, -0.2) is 44.1 Å². The van der Waals surface area contributed by atoms with Crippen LogP contribution >= 0.6 is 0 Å². The highest BCUT2D eigenvalue weighted by atomic mass is 19.5. The topological polar surface area (TPSA) is 94.4 Å². The van der Waals surface area contributed by atoms with E-state index in [2.05, 4.69) is 4.74 Å². The lowest BCUT2D eigenvalue weighted by molar-refractivity contribution is -0.671. The summed E-state index contributed by atoms with van der Waals surface area (Å²) < 4.78 is 58.3. The van der Waals surface area contributed by atoms with Gasteiger partial charge in [-0.2, -0.15) is 5.26 Å². The molecule has 0 aliphatic rings. The second-order valence-corrected chi connectivity index (χ2v) is 6.68. The Balaban J connectivity index is 0.00000104. The average Bonchev–Trinajstić information content (AvgIpc) is 3.19. The standard InChI is InChI=1S/C21H24N3O5.BF4/c1-23-9-10-24(16-23)11-13-29-20(25)8-5-12-28-19-7-4-3-6-17(19)14-18(15-22)21(26)27-2;2-1(3,4)5/h3-4,6-7,9-10,14,16H,5,8,11-13H2,1-2H3;/q+1;-1/b18-14+;. The predicted molar refractivity (Wildman–Crippen MR) is 114 cm³/mol. The molecule has 0 saturated carbocycles. The summed E-state index contributed by atoms with van der Waals surface area (Å²) in [5.41, 5.74) is 0.459. The number of benzene rings is 1. The van der Waals surface area contributed by atoms with Crippen molar-refractivity contribution in [3.63, 3.8) is 0 Å². The summed E-state index contributed by atoms with van der Waals surface area (Å²) in [5, 5.41) is 9.09. The van der Waals surface area contributed by atoms with E-state index in [1.54, 1.807) is 24.3 Å². The number of carbonyl (C=O) groups excluding carboxylic acids is 2. The molecule has 0 unspecified atom stereocenters. The quantitative estimate of drug-likeness (QED) is 0.0977. The molecule has 1 heterocycles. The van der Waals surface area contributed by atoms with Crippen LogP contribution in [0.5, 0.6) is 5.75 Å². The molecule has 8 nitrogen and oxygen atoms in total. The number of halogens is 4. The van der Waals surface area contributed by atoms with Gasteiger partial charge in [0.05, 0.1) is 20.8 Å². The Morgan fingerprint density at radius 2 is 1.88 bits per heavy atom. The molecular formula is C21H24BF4N3O5. The minimum atomic E-state index is -6.00. The number of aryl methyl sites for hydroxylation is 1. The SMILES string of the molecule is COC(=O)/C(C#N)=C/c1ccccc1OCCCC(=O)OCCn1cc[n+](C)c1.F[B-](F)(F)F. The summed E-state index contributed by atoms with van der Waals surface area (Å²) >= 11 is 0. The van der Waals surface area contributed by atoms with E-state index in [4.69, 9.17) is 14.7 Å². The first-order chi connectivity index (χ1) is 16.0. The van der Waals surface area contributed by atoms with Crippen molar-refractivity contribution in [3.05, 3.63) is 54.1 Å². The number of aromatic nitrogens is 2. The van der Waals surface area contributed by atoms with Gasteiger partial charge in [0.1, 0.15) is 42.9 Å². The Morgan fingerprint density at radius 3 is 2.47 bits per heavy atom. The number of para-hydroxylation sites is 1. The molecule has 2 aromatic rings. The molecule has 184 valence electrons. The van der Waals surface area contributed by atoms with Crippen molar-refractivity contribution in [2.45, 2.75) is 19.4 Å². The summed E-state index contributed by atoms with van der Waals surface area (Å²) in [6, 6.07) is 8.82. The fourth-order valence-corrected chi connectivity index (χ4v) is 2.50. The van der Waals surface area contributed by atoms with Crippen molar-refractivity contribution in [2.24, 2.45) is 7.05 Å². The molecule has 0 amide bonds. The number of rotatable bonds is 10. The summed E-state index contributed by atoms with van der Waals surface area (Å²) in [6.45, 7) is 1.21. The van der Waals surface area contributed by atoms with Crippen molar-refractivity contribution in [2.75, 3.05) is 20.3 Å². The van der Waals surface area contributed by atoms with E-state index in [1.807, 2.05) is 41.0 Å². The minimum absolute atomic E-state index is 0.122. The Hall–Kier alpha value is -3.82. The van der Waals surface area contributed by atoms with Gasteiger partial charge in [-0.1, -0.05) is 18.2 Å². The van der Waals surface area contributed by atoms with Crippen molar-refractivity contribution >= 4 is 25.3 Å². The summed E-state index contributed by atoms with van der Waals surface area (Å²) in [4.78, 5) is 23.4. The number of hydrogen-bond donors (Lipinski definition) is 0. The van der Waals surface area contributed by atoms with Crippen LogP contribution in [0.15, 0.2) is 48.6 Å². The minimum Gasteiger partial charge on any atom is -0.493 e. The van der Waals surface area contributed by atoms with Gasteiger partial charge < -0.3 is 31.5 Å². The highest BCUT2D eigenvalue weighted by molar-refractivity contribution is 6.50. The third-order valence-corrected chi connectivity index (χ3v) is 3.96. The number of ether oxygens (including phenoxy) is 3. The summed E-state index contributed by atoms with van der Waals surface area (Å²) in [5.74, 6) is -0.479. The Bertz CT molecular complexity index is 1010. The second kappa shape index (κ2) is 14.4. The first kappa shape index (κ1) is 28.2. The number of hydrogen-bond acceptors (Lipinski definition) is 6. The van der Waals surface area contributed by atoms with E-state index in [0.29, 0.717) is 37.5 Å². The van der Waals surface area contributed by atoms with Crippen LogP contribution in [0, 0.1) is 11.3 Å². The maximum absolute atomic E-state index is 11.8. The molecular weight excluding hydrogens is 461 g/mol. The number of methoxy groups -OCH3 is 1. The van der Waals surface area contributed by atoms with Gasteiger partial charge in [-0.15, -0.1) is 0 Å². The van der Waals surface area contributed by atoms with Gasteiger partial charge in [-0.25, -0.2) is 13.9 Å². The van der Waals surface area contributed by atoms with E-state index in [0.717, 1.165) is 0 Å². The first-order valence-electron chi connectivity index (χ1n) is 9.99. The number of nitrogens with zero attached hydrogens (tertiary/aromatic N) is 3. The number of imidazole rings is 1. The van der Waals surface area contributed by atoms with Crippen LogP contribution in [0.3, 0.4) is 0 Å². The lowest BCUT2D eigenvalue weighted by Crippen LogP contribution is -2.24. The van der Waals surface area contributed by atoms with Gasteiger partial charge in [-0.3, -0.25) is 4.79 Å². The summed E-state index contributed by atoms with van der Waals surface area (Å²) in [6.07, 6.45) is 7.87. The fourth-order valence-electron chi connectivity index (χ4n) is 2.50. The maximum atomic E-state index is 11.8. The zero-order valence-electron chi connectivity index (χ0n) is 18.6. The third-order valence-electron chi connectivity index (χ3n) is 3.96. The van der Waals surface area contributed by atoms with Crippen molar-refractivity contribution < 1.29 is 45.6 Å². The van der Waals surface area contributed by atoms with Crippen LogP contribution in [0.2, 0.25) is 0 Å². The molecule has 34 heavy (non-hydrogen) atoms. The van der Waals surface area contributed by atoms with Crippen LogP contribution in [0.1, 0.15) is 18.4 Å². The van der Waals surface area contributed by atoms with Gasteiger partial charge in [0, 0.05) is 12.0 Å². The normalized spacial score (nSPS) is 11.0. The van der Waals surface area contributed by atoms with Gasteiger partial charge >= 0.3 is 19.2 Å². The molecule has 0 spiro atoms. The van der Waals surface area contributed by atoms with Gasteiger partial charge in [0.2, 0.25) is 6.33 Å². The molecule has 0 aliphatic carbocycles. The van der Waals surface area contributed by atoms with Crippen molar-refractivity contribution in [3.8, 4) is 11.8 Å². The van der Waals surface area contributed by atoms with Crippen molar-refractivity contribution in [1.29, 1.82) is 5.26 Å². The molecule has 13 heteroatoms. The molecule has 0 fully saturated rings. The number of nitriles is 1. The smallest absolute Gasteiger partial charge is 0.493 e. The Kier molecular flexibility index (Phi) is 11.9. The zero-order chi connectivity index (χ0) is 25.6. The Labute approximate surface area is 194 Å². The lowest BCUT2D eigenvalue weighted by Gasteiger charge is -2.09. The second-order valence-electron chi connectivity index (χ2n) is 6.68. The number of esters is 2. The highest BCUT2D eigenvalue weighted by Gasteiger charge is 2.20. The monoisotopic (exact) mass is 485 g/mol. The van der Waals surface area contributed by atoms with E-state index in [9.17, 15) is 26.9 Å². The van der Waals surface area contributed by atoms with Gasteiger partial charge in [0.15, 0.2) is 0 Å². The van der Waals surface area contributed by atoms with Crippen LogP contribution in [0.25, 0.3) is 6.08 Å². The summed E-state index contributed by atoms with van der Waals surface area (Å²) in [7, 11) is -2.86. The van der Waals surface area contributed by atoms with E-state index in [1.165, 1.54) is 13.2 Å². The molecule has 2 rings (SSSR count). The largest absolute Gasteiger partial charge is 0.673 e. The average molecular weight is 485 g/mol. The fraction of sp³-hybridized carbons (Fsp3) is 0.333. The molecule has 0 saturated heterocycles. The zero-order valence-corrected chi connectivity index (χ0v) is 18.6. The van der Waals surface area contributed by atoms with Crippen LogP contribution in [-0.2, 0) is 32.7 Å². The van der Waals surface area contributed by atoms with Crippen LogP contribution in [0.4, 0.5) is 17.3 Å². The molecule has 0 bridgehead atoms. The van der Waals surface area contributed by atoms with E-state index < -0.39 is 13.2 Å². The molecule has 1 aromatic heterocycles. The van der Waals surface area contributed by atoms with Crippen LogP contribution < -0.4 is 9.30 Å². The van der Waals surface area contributed by atoms with E-state index >= 15 is 0 Å². The van der Waals surface area contributed by atoms with E-state index in [-0.39, 0.29) is 18.0 Å².